The summed E-state index contributed by atoms with van der Waals surface area (Å²) in [7, 11) is 1.66. The minimum Gasteiger partial charge on any atom is -0.497 e. The predicted octanol–water partition coefficient (Wildman–Crippen LogP) is 1.68. The highest BCUT2D eigenvalue weighted by Gasteiger charge is 2.16. The Kier molecular flexibility index (Phi) is 7.47. The Morgan fingerprint density at radius 2 is 1.90 bits per heavy atom. The third-order valence-corrected chi connectivity index (χ3v) is 3.76. The minimum absolute atomic E-state index is 0.617. The number of rotatable bonds is 7. The van der Waals surface area contributed by atoms with Gasteiger partial charge in [0.25, 0.3) is 0 Å². The Morgan fingerprint density at radius 3 is 2.48 bits per heavy atom. The lowest BCUT2D eigenvalue weighted by Gasteiger charge is -2.27. The van der Waals surface area contributed by atoms with Crippen LogP contribution in [0.3, 0.4) is 0 Å². The van der Waals surface area contributed by atoms with Crippen LogP contribution in [-0.2, 0) is 0 Å². The molecule has 0 saturated heterocycles. The van der Waals surface area contributed by atoms with E-state index in [1.807, 2.05) is 24.3 Å². The molecule has 0 aliphatic heterocycles. The summed E-state index contributed by atoms with van der Waals surface area (Å²) in [5.41, 5.74) is 0.934. The van der Waals surface area contributed by atoms with Crippen LogP contribution in [0.1, 0.15) is 27.7 Å². The van der Waals surface area contributed by atoms with Crippen LogP contribution >= 0.6 is 12.2 Å². The summed E-state index contributed by atoms with van der Waals surface area (Å²) in [5.74, 6) is 0.818. The number of benzene rings is 1. The van der Waals surface area contributed by atoms with Crippen molar-refractivity contribution in [2.24, 2.45) is 0 Å². The molecule has 0 atom stereocenters. The first-order valence-electron chi connectivity index (χ1n) is 7.48. The highest BCUT2D eigenvalue weighted by atomic mass is 32.1. The zero-order valence-corrected chi connectivity index (χ0v) is 14.5. The van der Waals surface area contributed by atoms with Gasteiger partial charge in [-0.2, -0.15) is 0 Å². The second-order valence-electron chi connectivity index (χ2n) is 5.75. The van der Waals surface area contributed by atoms with Crippen LogP contribution in [0.15, 0.2) is 24.3 Å². The molecule has 1 rings (SSSR count). The van der Waals surface area contributed by atoms with Gasteiger partial charge in [0.2, 0.25) is 0 Å². The van der Waals surface area contributed by atoms with E-state index in [4.69, 9.17) is 17.0 Å². The number of anilines is 1. The van der Waals surface area contributed by atoms with Crippen LogP contribution in [0.2, 0.25) is 0 Å². The molecule has 0 spiro atoms. The zero-order chi connectivity index (χ0) is 15.8. The third kappa shape index (κ3) is 6.31. The molecule has 0 unspecified atom stereocenters. The monoisotopic (exact) mass is 310 g/mol. The number of methoxy groups -OCH3 is 1. The molecule has 0 saturated carbocycles. The smallest absolute Gasteiger partial charge is 0.170 e. The predicted molar refractivity (Wildman–Crippen MR) is 93.3 cm³/mol. The Labute approximate surface area is 133 Å². The molecule has 1 aromatic carbocycles. The summed E-state index contributed by atoms with van der Waals surface area (Å²) >= 11 is 5.33. The van der Waals surface area contributed by atoms with Crippen molar-refractivity contribution >= 4 is 23.0 Å². The maximum Gasteiger partial charge on any atom is 0.170 e. The minimum atomic E-state index is 0.617. The van der Waals surface area contributed by atoms with Gasteiger partial charge in [0.05, 0.1) is 32.3 Å². The summed E-state index contributed by atoms with van der Waals surface area (Å²) in [6.07, 6.45) is 0. The lowest BCUT2D eigenvalue weighted by molar-refractivity contribution is -0.941. The second kappa shape index (κ2) is 8.85. The van der Waals surface area contributed by atoms with Crippen LogP contribution in [-0.4, -0.2) is 37.4 Å². The van der Waals surface area contributed by atoms with Gasteiger partial charge in [-0.3, -0.25) is 0 Å². The van der Waals surface area contributed by atoms with E-state index < -0.39 is 0 Å². The van der Waals surface area contributed by atoms with Crippen molar-refractivity contribution in [3.05, 3.63) is 24.3 Å². The van der Waals surface area contributed by atoms with Crippen LogP contribution in [0, 0.1) is 0 Å². The van der Waals surface area contributed by atoms with Gasteiger partial charge in [-0.05, 0) is 52.0 Å². The lowest BCUT2D eigenvalue weighted by Crippen LogP contribution is -3.18. The second-order valence-corrected chi connectivity index (χ2v) is 6.16. The fourth-order valence-electron chi connectivity index (χ4n) is 2.44. The van der Waals surface area contributed by atoms with E-state index in [0.29, 0.717) is 17.2 Å². The Bertz CT molecular complexity index is 441. The van der Waals surface area contributed by atoms with E-state index in [9.17, 15) is 0 Å². The van der Waals surface area contributed by atoms with Crippen LogP contribution < -0.4 is 20.3 Å². The molecule has 118 valence electrons. The first-order chi connectivity index (χ1) is 9.93. The maximum atomic E-state index is 5.33. The van der Waals surface area contributed by atoms with Crippen molar-refractivity contribution in [1.29, 1.82) is 0 Å². The van der Waals surface area contributed by atoms with Crippen molar-refractivity contribution in [1.82, 2.24) is 5.32 Å². The molecule has 0 aliphatic rings. The van der Waals surface area contributed by atoms with Crippen molar-refractivity contribution in [2.75, 3.05) is 25.5 Å². The van der Waals surface area contributed by atoms with E-state index >= 15 is 0 Å². The third-order valence-electron chi connectivity index (χ3n) is 3.51. The number of quaternary nitrogens is 1. The number of hydrogen-bond acceptors (Lipinski definition) is 2. The highest BCUT2D eigenvalue weighted by molar-refractivity contribution is 7.80. The van der Waals surface area contributed by atoms with E-state index in [2.05, 4.69) is 38.3 Å². The van der Waals surface area contributed by atoms with Gasteiger partial charge in [-0.15, -0.1) is 0 Å². The van der Waals surface area contributed by atoms with Gasteiger partial charge < -0.3 is 20.3 Å². The van der Waals surface area contributed by atoms with E-state index in [-0.39, 0.29) is 0 Å². The first-order valence-corrected chi connectivity index (χ1v) is 7.89. The molecule has 0 aliphatic carbocycles. The molecule has 0 fully saturated rings. The Hall–Kier alpha value is -1.33. The van der Waals surface area contributed by atoms with Crippen LogP contribution in [0.25, 0.3) is 0 Å². The van der Waals surface area contributed by atoms with Gasteiger partial charge in [-0.1, -0.05) is 6.07 Å². The quantitative estimate of drug-likeness (QED) is 0.670. The topological polar surface area (TPSA) is 37.7 Å². The lowest BCUT2D eigenvalue weighted by atomic mass is 10.2. The van der Waals surface area contributed by atoms with Gasteiger partial charge in [-0.25, -0.2) is 0 Å². The van der Waals surface area contributed by atoms with Crippen molar-refractivity contribution in [3.63, 3.8) is 0 Å². The number of ether oxygens (including phenoxy) is 1. The van der Waals surface area contributed by atoms with Crippen molar-refractivity contribution in [3.8, 4) is 5.75 Å². The van der Waals surface area contributed by atoms with Gasteiger partial charge >= 0.3 is 0 Å². The Balaban J connectivity index is 2.40. The largest absolute Gasteiger partial charge is 0.497 e. The fourth-order valence-corrected chi connectivity index (χ4v) is 2.66. The van der Waals surface area contributed by atoms with Gasteiger partial charge in [0.1, 0.15) is 5.75 Å². The summed E-state index contributed by atoms with van der Waals surface area (Å²) in [6, 6.07) is 8.98. The molecular formula is C16H28N3OS+. The van der Waals surface area contributed by atoms with Gasteiger partial charge in [0, 0.05) is 11.8 Å². The molecule has 21 heavy (non-hydrogen) atoms. The highest BCUT2D eigenvalue weighted by Crippen LogP contribution is 2.16. The molecule has 0 aromatic heterocycles. The number of thiocarbonyl (C=S) groups is 1. The molecule has 0 heterocycles. The summed E-state index contributed by atoms with van der Waals surface area (Å²) in [4.78, 5) is 1.58. The van der Waals surface area contributed by atoms with Crippen molar-refractivity contribution < 1.29 is 9.64 Å². The van der Waals surface area contributed by atoms with E-state index in [0.717, 1.165) is 24.5 Å². The fraction of sp³-hybridized carbons (Fsp3) is 0.562. The molecule has 0 bridgehead atoms. The number of hydrogen-bond donors (Lipinski definition) is 3. The zero-order valence-electron chi connectivity index (χ0n) is 13.7. The van der Waals surface area contributed by atoms with E-state index in [1.54, 1.807) is 12.0 Å². The molecule has 3 N–H and O–H groups in total. The van der Waals surface area contributed by atoms with Crippen LogP contribution in [0.5, 0.6) is 5.75 Å². The molecular weight excluding hydrogens is 282 g/mol. The van der Waals surface area contributed by atoms with E-state index in [1.165, 1.54) is 0 Å². The molecule has 4 nitrogen and oxygen atoms in total. The summed E-state index contributed by atoms with van der Waals surface area (Å²) < 4.78 is 5.19. The maximum absolute atomic E-state index is 5.33. The number of nitrogens with one attached hydrogen (secondary N) is 3. The van der Waals surface area contributed by atoms with Gasteiger partial charge in [0.15, 0.2) is 5.11 Å². The normalized spacial score (nSPS) is 11.0. The standard InChI is InChI=1S/C16H27N3OS/c1-12(2)19(13(3)4)10-9-17-16(21)18-14-7-6-8-15(11-14)20-5/h6-8,11-13H,9-10H2,1-5H3,(H2,17,18,21)/p+1. The molecule has 5 heteroatoms. The van der Waals surface area contributed by atoms with Crippen molar-refractivity contribution in [2.45, 2.75) is 39.8 Å². The Morgan fingerprint density at radius 1 is 1.24 bits per heavy atom. The average Bonchev–Trinajstić information content (AvgIpc) is 2.42. The van der Waals surface area contributed by atoms with Crippen LogP contribution in [0.4, 0.5) is 5.69 Å². The summed E-state index contributed by atoms with van der Waals surface area (Å²) in [6.45, 7) is 10.9. The SMILES string of the molecule is COc1cccc(NC(=S)NCC[NH+](C(C)C)C(C)C)c1. The molecule has 1 aromatic rings. The average molecular weight is 310 g/mol. The molecule has 0 radical (unpaired) electrons. The first kappa shape index (κ1) is 17.7. The molecule has 0 amide bonds. The summed E-state index contributed by atoms with van der Waals surface area (Å²) in [5, 5.41) is 7.10.